The molecular formula is C25H24F2O3. The molecule has 5 heteroatoms. The van der Waals surface area contributed by atoms with E-state index in [2.05, 4.69) is 0 Å². The Balaban J connectivity index is 2.45. The Morgan fingerprint density at radius 1 is 0.967 bits per heavy atom. The first-order valence-electron chi connectivity index (χ1n) is 9.87. The van der Waals surface area contributed by atoms with Crippen molar-refractivity contribution in [3.8, 4) is 22.3 Å². The number of rotatable bonds is 6. The molecule has 0 fully saturated rings. The van der Waals surface area contributed by atoms with Gasteiger partial charge in [-0.1, -0.05) is 38.1 Å². The number of aliphatic hydroxyl groups excluding tert-OH is 1. The molecule has 0 atom stereocenters. The van der Waals surface area contributed by atoms with Gasteiger partial charge in [0.2, 0.25) is 0 Å². The molecule has 156 valence electrons. The Morgan fingerprint density at radius 2 is 1.50 bits per heavy atom. The van der Waals surface area contributed by atoms with E-state index in [9.17, 15) is 18.7 Å². The third kappa shape index (κ3) is 4.26. The van der Waals surface area contributed by atoms with Crippen molar-refractivity contribution in [2.24, 2.45) is 0 Å². The molecule has 0 aliphatic carbocycles. The maximum Gasteiger partial charge on any atom is 0.339 e. The Kier molecular flexibility index (Phi) is 6.63. The summed E-state index contributed by atoms with van der Waals surface area (Å²) in [4.78, 5) is 13.1. The van der Waals surface area contributed by atoms with Crippen molar-refractivity contribution in [2.75, 3.05) is 6.61 Å². The molecular weight excluding hydrogens is 386 g/mol. The summed E-state index contributed by atoms with van der Waals surface area (Å²) in [5, 5.41) is 10.2. The SMILES string of the molecule is CCOC(=O)c1c(-c2ccc(F)cc2)cc(C(C)C)c(CO)c1-c1ccc(F)cc1. The molecule has 0 amide bonds. The van der Waals surface area contributed by atoms with Gasteiger partial charge in [0.25, 0.3) is 0 Å². The molecule has 3 rings (SSSR count). The van der Waals surface area contributed by atoms with Crippen molar-refractivity contribution in [1.82, 2.24) is 0 Å². The van der Waals surface area contributed by atoms with E-state index in [1.54, 1.807) is 31.2 Å². The van der Waals surface area contributed by atoms with E-state index in [0.717, 1.165) is 5.56 Å². The van der Waals surface area contributed by atoms with Crippen LogP contribution in [-0.2, 0) is 11.3 Å². The first kappa shape index (κ1) is 21.7. The lowest BCUT2D eigenvalue weighted by atomic mass is 9.82. The number of carbonyl (C=O) groups excluding carboxylic acids is 1. The van der Waals surface area contributed by atoms with E-state index in [0.29, 0.717) is 27.8 Å². The third-order valence-electron chi connectivity index (χ3n) is 5.02. The van der Waals surface area contributed by atoms with E-state index in [1.165, 1.54) is 24.3 Å². The predicted molar refractivity (Wildman–Crippen MR) is 113 cm³/mol. The van der Waals surface area contributed by atoms with Crippen molar-refractivity contribution >= 4 is 5.97 Å². The molecule has 0 unspecified atom stereocenters. The Hall–Kier alpha value is -3.05. The normalized spacial score (nSPS) is 11.0. The van der Waals surface area contributed by atoms with Crippen LogP contribution in [0.2, 0.25) is 0 Å². The van der Waals surface area contributed by atoms with Gasteiger partial charge in [0.05, 0.1) is 18.8 Å². The molecule has 0 aliphatic heterocycles. The van der Waals surface area contributed by atoms with Crippen LogP contribution in [-0.4, -0.2) is 17.7 Å². The second-order valence-electron chi connectivity index (χ2n) is 7.29. The summed E-state index contributed by atoms with van der Waals surface area (Å²) >= 11 is 0. The molecule has 30 heavy (non-hydrogen) atoms. The Labute approximate surface area is 175 Å². The fraction of sp³-hybridized carbons (Fsp3) is 0.240. The number of carbonyl (C=O) groups is 1. The second kappa shape index (κ2) is 9.18. The molecule has 0 heterocycles. The number of halogens is 2. The predicted octanol–water partition coefficient (Wildman–Crippen LogP) is 6.09. The van der Waals surface area contributed by atoms with Crippen LogP contribution < -0.4 is 0 Å². The van der Waals surface area contributed by atoms with Crippen LogP contribution in [0.25, 0.3) is 22.3 Å². The van der Waals surface area contributed by atoms with Gasteiger partial charge in [0.1, 0.15) is 11.6 Å². The molecule has 0 radical (unpaired) electrons. The summed E-state index contributed by atoms with van der Waals surface area (Å²) in [6.07, 6.45) is 0. The minimum Gasteiger partial charge on any atom is -0.462 e. The molecule has 3 nitrogen and oxygen atoms in total. The van der Waals surface area contributed by atoms with Crippen LogP contribution in [0.1, 0.15) is 48.2 Å². The number of benzene rings is 3. The maximum absolute atomic E-state index is 13.6. The van der Waals surface area contributed by atoms with Gasteiger partial charge in [0.15, 0.2) is 0 Å². The van der Waals surface area contributed by atoms with Gasteiger partial charge in [-0.25, -0.2) is 13.6 Å². The smallest absolute Gasteiger partial charge is 0.339 e. The van der Waals surface area contributed by atoms with Crippen LogP contribution in [0.3, 0.4) is 0 Å². The third-order valence-corrected chi connectivity index (χ3v) is 5.02. The highest BCUT2D eigenvalue weighted by molar-refractivity contribution is 6.05. The van der Waals surface area contributed by atoms with Crippen LogP contribution in [0.5, 0.6) is 0 Å². The number of hydrogen-bond donors (Lipinski definition) is 1. The number of ether oxygens (including phenoxy) is 1. The lowest BCUT2D eigenvalue weighted by Crippen LogP contribution is -2.13. The molecule has 0 aromatic heterocycles. The fourth-order valence-corrected chi connectivity index (χ4v) is 3.64. The topological polar surface area (TPSA) is 46.5 Å². The van der Waals surface area contributed by atoms with Crippen LogP contribution in [0.4, 0.5) is 8.78 Å². The lowest BCUT2D eigenvalue weighted by molar-refractivity contribution is 0.0528. The zero-order valence-corrected chi connectivity index (χ0v) is 17.2. The quantitative estimate of drug-likeness (QED) is 0.500. The van der Waals surface area contributed by atoms with Gasteiger partial charge in [-0.15, -0.1) is 0 Å². The number of hydrogen-bond acceptors (Lipinski definition) is 3. The molecule has 3 aromatic carbocycles. The monoisotopic (exact) mass is 410 g/mol. The van der Waals surface area contributed by atoms with Crippen molar-refractivity contribution in [2.45, 2.75) is 33.3 Å². The van der Waals surface area contributed by atoms with Crippen LogP contribution >= 0.6 is 0 Å². The number of aliphatic hydroxyl groups is 1. The van der Waals surface area contributed by atoms with Gasteiger partial charge < -0.3 is 9.84 Å². The van der Waals surface area contributed by atoms with Gasteiger partial charge >= 0.3 is 5.97 Å². The molecule has 1 N–H and O–H groups in total. The van der Waals surface area contributed by atoms with E-state index < -0.39 is 11.8 Å². The summed E-state index contributed by atoms with van der Waals surface area (Å²) in [6.45, 7) is 5.56. The highest BCUT2D eigenvalue weighted by Gasteiger charge is 2.26. The van der Waals surface area contributed by atoms with Crippen molar-refractivity contribution in [3.63, 3.8) is 0 Å². The van der Waals surface area contributed by atoms with E-state index in [4.69, 9.17) is 4.74 Å². The summed E-state index contributed by atoms with van der Waals surface area (Å²) < 4.78 is 32.4. The van der Waals surface area contributed by atoms with Crippen molar-refractivity contribution < 1.29 is 23.4 Å². The van der Waals surface area contributed by atoms with E-state index in [-0.39, 0.29) is 30.5 Å². The van der Waals surface area contributed by atoms with Gasteiger partial charge in [-0.3, -0.25) is 0 Å². The maximum atomic E-state index is 13.6. The molecule has 3 aromatic rings. The first-order chi connectivity index (χ1) is 14.4. The van der Waals surface area contributed by atoms with E-state index >= 15 is 0 Å². The Morgan fingerprint density at radius 3 is 1.97 bits per heavy atom. The lowest BCUT2D eigenvalue weighted by Gasteiger charge is -2.23. The first-order valence-corrected chi connectivity index (χ1v) is 9.87. The van der Waals surface area contributed by atoms with Crippen molar-refractivity contribution in [3.05, 3.63) is 82.9 Å². The molecule has 0 spiro atoms. The largest absolute Gasteiger partial charge is 0.462 e. The molecule has 0 aliphatic rings. The molecule has 0 saturated carbocycles. The summed E-state index contributed by atoms with van der Waals surface area (Å²) in [5.74, 6) is -1.30. The summed E-state index contributed by atoms with van der Waals surface area (Å²) in [7, 11) is 0. The minimum atomic E-state index is -0.554. The fourth-order valence-electron chi connectivity index (χ4n) is 3.64. The average Bonchev–Trinajstić information content (AvgIpc) is 2.73. The Bertz CT molecular complexity index is 1040. The zero-order chi connectivity index (χ0) is 21.8. The standard InChI is InChI=1S/C25H24F2O3/c1-4-30-25(29)24-21(16-5-9-18(26)10-6-16)13-20(15(2)3)22(14-28)23(24)17-7-11-19(27)12-8-17/h5-13,15,28H,4,14H2,1-3H3. The van der Waals surface area contributed by atoms with E-state index in [1.807, 2.05) is 19.9 Å². The second-order valence-corrected chi connectivity index (χ2v) is 7.29. The molecule has 0 saturated heterocycles. The highest BCUT2D eigenvalue weighted by Crippen LogP contribution is 2.40. The minimum absolute atomic E-state index is 0.0433. The molecule has 0 bridgehead atoms. The average molecular weight is 410 g/mol. The van der Waals surface area contributed by atoms with Gasteiger partial charge in [-0.2, -0.15) is 0 Å². The van der Waals surface area contributed by atoms with Crippen LogP contribution in [0, 0.1) is 11.6 Å². The van der Waals surface area contributed by atoms with Gasteiger partial charge in [-0.05, 0) is 71.0 Å². The summed E-state index contributed by atoms with van der Waals surface area (Å²) in [6, 6.07) is 13.5. The van der Waals surface area contributed by atoms with Crippen molar-refractivity contribution in [1.29, 1.82) is 0 Å². The number of esters is 1. The van der Waals surface area contributed by atoms with Crippen LogP contribution in [0.15, 0.2) is 54.6 Å². The highest BCUT2D eigenvalue weighted by atomic mass is 19.1. The zero-order valence-electron chi connectivity index (χ0n) is 17.2. The van der Waals surface area contributed by atoms with Gasteiger partial charge in [0, 0.05) is 5.56 Å². The summed E-state index contributed by atoms with van der Waals surface area (Å²) in [5.41, 5.74) is 4.02.